The van der Waals surface area contributed by atoms with Crippen LogP contribution >= 0.6 is 24.8 Å². The van der Waals surface area contributed by atoms with Gasteiger partial charge in [0.25, 0.3) is 0 Å². The van der Waals surface area contributed by atoms with E-state index in [0.29, 0.717) is 0 Å². The molecule has 0 heterocycles. The van der Waals surface area contributed by atoms with Crippen LogP contribution in [0.2, 0.25) is 0 Å². The summed E-state index contributed by atoms with van der Waals surface area (Å²) in [4.78, 5) is 5.07. The molecule has 0 aliphatic carbocycles. The molecule has 0 amide bonds. The van der Waals surface area contributed by atoms with Gasteiger partial charge in [0.15, 0.2) is 0 Å². The number of halogens is 2. The Hall–Kier alpha value is -1.32. The van der Waals surface area contributed by atoms with Crippen LogP contribution in [0.3, 0.4) is 0 Å². The molecule has 0 fully saturated rings. The minimum Gasteiger partial charge on any atom is -0.304 e. The van der Waals surface area contributed by atoms with Gasteiger partial charge in [0.1, 0.15) is 0 Å². The second-order valence-electron chi connectivity index (χ2n) is 9.80. The molecule has 36 heavy (non-hydrogen) atoms. The van der Waals surface area contributed by atoms with Gasteiger partial charge in [0.2, 0.25) is 0 Å². The average molecular weight is 534 g/mol. The Morgan fingerprint density at radius 3 is 1.25 bits per heavy atom. The predicted molar refractivity (Wildman–Crippen MR) is 167 cm³/mol. The number of benzene rings is 3. The van der Waals surface area contributed by atoms with Gasteiger partial charge in [0, 0.05) is 0 Å². The standard InChI is InChI=1S/C32H48N2.2ClH/c1-5-33(6-2)23-13-9-11-17-27-19-15-21-29-26-32-28(20-16-22-30(32)25-31(27)29)18-12-10-14-24-34(7-3)8-4;;/h15-16,19-22,25-26H,5-14,17-18,23-24H2,1-4H3;2*1H. The minimum absolute atomic E-state index is 0. The predicted octanol–water partition coefficient (Wildman–Crippen LogP) is 8.95. The van der Waals surface area contributed by atoms with Crippen molar-refractivity contribution in [3.63, 3.8) is 0 Å². The lowest BCUT2D eigenvalue weighted by Crippen LogP contribution is -2.23. The van der Waals surface area contributed by atoms with Crippen LogP contribution < -0.4 is 0 Å². The van der Waals surface area contributed by atoms with Crippen molar-refractivity contribution in [2.24, 2.45) is 0 Å². The number of unbranched alkanes of at least 4 members (excludes halogenated alkanes) is 4. The maximum Gasteiger partial charge on any atom is -0.00190 e. The molecule has 4 heteroatoms. The summed E-state index contributed by atoms with van der Waals surface area (Å²) in [5, 5.41) is 5.72. The van der Waals surface area contributed by atoms with Crippen LogP contribution in [0.5, 0.6) is 0 Å². The molecule has 0 saturated carbocycles. The lowest BCUT2D eigenvalue weighted by atomic mass is 9.93. The van der Waals surface area contributed by atoms with Gasteiger partial charge in [-0.15, -0.1) is 24.8 Å². The first kappa shape index (κ1) is 32.7. The Morgan fingerprint density at radius 2 is 0.889 bits per heavy atom. The molecular formula is C32H50Cl2N2. The van der Waals surface area contributed by atoms with Crippen LogP contribution in [-0.2, 0) is 12.8 Å². The molecule has 0 spiro atoms. The summed E-state index contributed by atoms with van der Waals surface area (Å²) in [6.45, 7) is 16.2. The van der Waals surface area contributed by atoms with Crippen LogP contribution in [0.25, 0.3) is 21.5 Å². The quantitative estimate of drug-likeness (QED) is 0.134. The second-order valence-corrected chi connectivity index (χ2v) is 9.80. The van der Waals surface area contributed by atoms with Crippen LogP contribution in [-0.4, -0.2) is 49.1 Å². The molecule has 0 radical (unpaired) electrons. The van der Waals surface area contributed by atoms with Gasteiger partial charge < -0.3 is 9.80 Å². The van der Waals surface area contributed by atoms with Crippen LogP contribution in [0.15, 0.2) is 48.5 Å². The first-order valence-corrected chi connectivity index (χ1v) is 14.1. The van der Waals surface area contributed by atoms with Crippen molar-refractivity contribution < 1.29 is 0 Å². The first-order valence-electron chi connectivity index (χ1n) is 14.1. The first-order chi connectivity index (χ1) is 16.7. The van der Waals surface area contributed by atoms with Crippen LogP contribution in [0.4, 0.5) is 0 Å². The SMILES string of the molecule is CCN(CC)CCCCCc1cccc2cc3c(CCCCCN(CC)CC)cccc3cc12.Cl.Cl. The summed E-state index contributed by atoms with van der Waals surface area (Å²) < 4.78 is 0. The van der Waals surface area contributed by atoms with Crippen molar-refractivity contribution in [2.75, 3.05) is 39.3 Å². The van der Waals surface area contributed by atoms with E-state index in [4.69, 9.17) is 0 Å². The van der Waals surface area contributed by atoms with E-state index in [-0.39, 0.29) is 24.8 Å². The van der Waals surface area contributed by atoms with Gasteiger partial charge in [-0.25, -0.2) is 0 Å². The van der Waals surface area contributed by atoms with Crippen molar-refractivity contribution in [3.8, 4) is 0 Å². The van der Waals surface area contributed by atoms with Crippen molar-refractivity contribution in [1.29, 1.82) is 0 Å². The Kier molecular flexibility index (Phi) is 16.4. The van der Waals surface area contributed by atoms with E-state index in [9.17, 15) is 0 Å². The van der Waals surface area contributed by atoms with E-state index in [2.05, 4.69) is 86.0 Å². The van der Waals surface area contributed by atoms with E-state index in [1.54, 1.807) is 0 Å². The number of hydrogen-bond acceptors (Lipinski definition) is 2. The van der Waals surface area contributed by atoms with Gasteiger partial charge in [-0.1, -0.05) is 76.9 Å². The summed E-state index contributed by atoms with van der Waals surface area (Å²) in [5.74, 6) is 0. The molecule has 0 saturated heterocycles. The van der Waals surface area contributed by atoms with Gasteiger partial charge in [-0.2, -0.15) is 0 Å². The van der Waals surface area contributed by atoms with E-state index < -0.39 is 0 Å². The maximum atomic E-state index is 2.53. The van der Waals surface area contributed by atoms with Crippen molar-refractivity contribution in [3.05, 3.63) is 59.7 Å². The zero-order chi connectivity index (χ0) is 24.2. The number of aryl methyl sites for hydroxylation is 2. The highest BCUT2D eigenvalue weighted by atomic mass is 35.5. The fourth-order valence-corrected chi connectivity index (χ4v) is 5.35. The fraction of sp³-hybridized carbons (Fsp3) is 0.562. The second kappa shape index (κ2) is 18.0. The summed E-state index contributed by atoms with van der Waals surface area (Å²) in [6.07, 6.45) is 10.2. The molecule has 0 aliphatic rings. The molecule has 2 nitrogen and oxygen atoms in total. The Labute approximate surface area is 233 Å². The highest BCUT2D eigenvalue weighted by molar-refractivity contribution is 6.01. The highest BCUT2D eigenvalue weighted by Gasteiger charge is 2.07. The van der Waals surface area contributed by atoms with Crippen molar-refractivity contribution in [1.82, 2.24) is 9.80 Å². The average Bonchev–Trinajstić information content (AvgIpc) is 2.87. The molecule has 3 aromatic carbocycles. The highest BCUT2D eigenvalue weighted by Crippen LogP contribution is 2.29. The third kappa shape index (κ3) is 9.53. The molecule has 0 N–H and O–H groups in total. The van der Waals surface area contributed by atoms with Crippen molar-refractivity contribution >= 4 is 46.4 Å². The van der Waals surface area contributed by atoms with E-state index in [1.165, 1.54) is 123 Å². The third-order valence-corrected chi connectivity index (χ3v) is 7.69. The summed E-state index contributed by atoms with van der Waals surface area (Å²) in [6, 6.07) is 18.7. The topological polar surface area (TPSA) is 6.48 Å². The van der Waals surface area contributed by atoms with Crippen LogP contribution in [0.1, 0.15) is 77.3 Å². The number of hydrogen-bond donors (Lipinski definition) is 0. The number of fused-ring (bicyclic) bond motifs is 2. The normalized spacial score (nSPS) is 11.3. The fourth-order valence-electron chi connectivity index (χ4n) is 5.35. The Morgan fingerprint density at radius 1 is 0.500 bits per heavy atom. The maximum absolute atomic E-state index is 2.53. The molecule has 3 rings (SSSR count). The van der Waals surface area contributed by atoms with Crippen LogP contribution in [0, 0.1) is 0 Å². The summed E-state index contributed by atoms with van der Waals surface area (Å²) in [5.41, 5.74) is 3.04. The minimum atomic E-state index is 0. The van der Waals surface area contributed by atoms with E-state index in [0.717, 1.165) is 0 Å². The zero-order valence-electron chi connectivity index (χ0n) is 23.2. The van der Waals surface area contributed by atoms with E-state index in [1.807, 2.05) is 0 Å². The number of nitrogens with zero attached hydrogens (tertiary/aromatic N) is 2. The van der Waals surface area contributed by atoms with E-state index >= 15 is 0 Å². The third-order valence-electron chi connectivity index (χ3n) is 7.69. The van der Waals surface area contributed by atoms with Gasteiger partial charge >= 0.3 is 0 Å². The molecule has 0 aliphatic heterocycles. The molecular weight excluding hydrogens is 483 g/mol. The molecule has 3 aromatic rings. The molecule has 202 valence electrons. The van der Waals surface area contributed by atoms with Gasteiger partial charge in [-0.3, -0.25) is 0 Å². The van der Waals surface area contributed by atoms with Crippen molar-refractivity contribution in [2.45, 2.75) is 79.1 Å². The Balaban J connectivity index is 0.00000324. The zero-order valence-corrected chi connectivity index (χ0v) is 24.9. The van der Waals surface area contributed by atoms with Gasteiger partial charge in [-0.05, 0) is 123 Å². The van der Waals surface area contributed by atoms with Gasteiger partial charge in [0.05, 0.1) is 0 Å². The molecule has 0 unspecified atom stereocenters. The molecule has 0 aromatic heterocycles. The smallest absolute Gasteiger partial charge is 0.00190 e. The number of rotatable bonds is 16. The summed E-state index contributed by atoms with van der Waals surface area (Å²) >= 11 is 0. The molecule has 0 atom stereocenters. The monoisotopic (exact) mass is 532 g/mol. The lowest BCUT2D eigenvalue weighted by molar-refractivity contribution is 0.296. The largest absolute Gasteiger partial charge is 0.304 e. The Bertz CT molecular complexity index is 915. The summed E-state index contributed by atoms with van der Waals surface area (Å²) in [7, 11) is 0. The lowest BCUT2D eigenvalue weighted by Gasteiger charge is -2.17. The molecule has 0 bridgehead atoms.